The fraction of sp³-hybridized carbons (Fsp3) is 0.591. The summed E-state index contributed by atoms with van der Waals surface area (Å²) in [5.41, 5.74) is -0.718. The number of carbonyl (C=O) groups excluding carboxylic acids is 1. The third kappa shape index (κ3) is 4.10. The van der Waals surface area contributed by atoms with Gasteiger partial charge in [0.15, 0.2) is 0 Å². The van der Waals surface area contributed by atoms with Crippen LogP contribution in [0.4, 0.5) is 0 Å². The Morgan fingerprint density at radius 2 is 2.06 bits per heavy atom. The summed E-state index contributed by atoms with van der Waals surface area (Å²) >= 11 is 1.28. The van der Waals surface area contributed by atoms with Crippen molar-refractivity contribution in [3.63, 3.8) is 0 Å². The van der Waals surface area contributed by atoms with Gasteiger partial charge in [0.25, 0.3) is 17.3 Å². The minimum Gasteiger partial charge on any atom is -0.389 e. The van der Waals surface area contributed by atoms with Gasteiger partial charge in [0, 0.05) is 31.5 Å². The van der Waals surface area contributed by atoms with E-state index in [-0.39, 0.29) is 30.0 Å². The summed E-state index contributed by atoms with van der Waals surface area (Å²) in [4.78, 5) is 46.5. The maximum atomic E-state index is 13.6. The third-order valence-electron chi connectivity index (χ3n) is 5.94. The first-order valence-corrected chi connectivity index (χ1v) is 12.3. The van der Waals surface area contributed by atoms with Crippen LogP contribution in [-0.2, 0) is 37.8 Å². The standard InChI is InChI=1S/C22H30N6O5S/c1-6-15-23-24-16(7-2)26(15)10-14-17(20(31)28-9-13(29)11-33-28)18-19(30)25(5)22(32)27(8-12(3)4)21(18)34-14/h12-13,29H,6-11H2,1-5H3/p+1/t13-/m0/s1. The van der Waals surface area contributed by atoms with E-state index >= 15 is 0 Å². The van der Waals surface area contributed by atoms with Gasteiger partial charge in [-0.3, -0.25) is 23.6 Å². The number of H-pyrrole nitrogens is 1. The van der Waals surface area contributed by atoms with E-state index in [0.717, 1.165) is 21.3 Å². The van der Waals surface area contributed by atoms with Gasteiger partial charge in [0.1, 0.15) is 24.1 Å². The SMILES string of the molecule is CCc1n[nH]c(CC)[n+]1Cc1sc2c(c1C(=O)N1C[C@H](O)CO1)c(=O)n(C)c(=O)n2CC(C)C. The highest BCUT2D eigenvalue weighted by molar-refractivity contribution is 7.19. The summed E-state index contributed by atoms with van der Waals surface area (Å²) in [5.74, 6) is 1.38. The van der Waals surface area contributed by atoms with Crippen molar-refractivity contribution in [2.45, 2.75) is 59.7 Å². The van der Waals surface area contributed by atoms with Gasteiger partial charge in [-0.25, -0.2) is 14.4 Å². The Bertz CT molecular complexity index is 1330. The van der Waals surface area contributed by atoms with E-state index in [0.29, 0.717) is 35.6 Å². The zero-order valence-corrected chi connectivity index (χ0v) is 20.9. The highest BCUT2D eigenvalue weighted by Crippen LogP contribution is 2.31. The monoisotopic (exact) mass is 491 g/mol. The lowest BCUT2D eigenvalue weighted by atomic mass is 10.1. The molecule has 1 saturated heterocycles. The molecular formula is C22H31N6O5S+. The molecular weight excluding hydrogens is 460 g/mol. The molecule has 2 N–H and O–H groups in total. The molecule has 3 aromatic heterocycles. The van der Waals surface area contributed by atoms with E-state index in [4.69, 9.17) is 4.84 Å². The molecule has 11 nitrogen and oxygen atoms in total. The van der Waals surface area contributed by atoms with Crippen LogP contribution in [0.25, 0.3) is 10.2 Å². The number of rotatable bonds is 7. The fourth-order valence-corrected chi connectivity index (χ4v) is 5.53. The smallest absolute Gasteiger partial charge is 0.331 e. The first kappa shape index (κ1) is 24.3. The number of hydrogen-bond donors (Lipinski definition) is 2. The van der Waals surface area contributed by atoms with E-state index in [2.05, 4.69) is 10.2 Å². The molecule has 1 atom stereocenters. The number of aryl methyl sites for hydroxylation is 2. The number of fused-ring (bicyclic) bond motifs is 1. The lowest BCUT2D eigenvalue weighted by molar-refractivity contribution is -0.702. The van der Waals surface area contributed by atoms with Crippen LogP contribution in [0.3, 0.4) is 0 Å². The summed E-state index contributed by atoms with van der Waals surface area (Å²) < 4.78 is 4.64. The number of aromatic nitrogens is 5. The van der Waals surface area contributed by atoms with Crippen LogP contribution in [0.5, 0.6) is 0 Å². The average molecular weight is 492 g/mol. The Balaban J connectivity index is 2.00. The van der Waals surface area contributed by atoms with Crippen LogP contribution in [0.15, 0.2) is 9.59 Å². The molecule has 1 aliphatic rings. The number of hydrogen-bond acceptors (Lipinski definition) is 7. The highest BCUT2D eigenvalue weighted by Gasteiger charge is 2.34. The maximum absolute atomic E-state index is 13.6. The molecule has 3 aromatic rings. The predicted molar refractivity (Wildman–Crippen MR) is 126 cm³/mol. The van der Waals surface area contributed by atoms with Crippen molar-refractivity contribution < 1.29 is 19.3 Å². The molecule has 0 unspecified atom stereocenters. The highest BCUT2D eigenvalue weighted by atomic mass is 32.1. The quantitative estimate of drug-likeness (QED) is 0.460. The van der Waals surface area contributed by atoms with Gasteiger partial charge in [0.05, 0.1) is 22.4 Å². The van der Waals surface area contributed by atoms with Crippen LogP contribution < -0.4 is 15.8 Å². The number of aromatic amines is 1. The van der Waals surface area contributed by atoms with Gasteiger partial charge in [0.2, 0.25) is 5.82 Å². The number of aliphatic hydroxyl groups excluding tert-OH is 1. The maximum Gasteiger partial charge on any atom is 0.331 e. The number of aliphatic hydroxyl groups is 1. The third-order valence-corrected chi connectivity index (χ3v) is 7.13. The molecule has 4 heterocycles. The average Bonchev–Trinajstić information content (AvgIpc) is 3.51. The first-order chi connectivity index (χ1) is 16.2. The summed E-state index contributed by atoms with van der Waals surface area (Å²) in [7, 11) is 1.43. The summed E-state index contributed by atoms with van der Waals surface area (Å²) in [6, 6.07) is 0. The van der Waals surface area contributed by atoms with Crippen molar-refractivity contribution in [3.05, 3.63) is 42.9 Å². The van der Waals surface area contributed by atoms with Gasteiger partial charge in [-0.2, -0.15) is 0 Å². The van der Waals surface area contributed by atoms with Gasteiger partial charge in [-0.1, -0.05) is 27.7 Å². The second-order valence-electron chi connectivity index (χ2n) is 8.93. The van der Waals surface area contributed by atoms with Crippen LogP contribution >= 0.6 is 11.3 Å². The van der Waals surface area contributed by atoms with Crippen molar-refractivity contribution >= 4 is 27.5 Å². The summed E-state index contributed by atoms with van der Waals surface area (Å²) in [5, 5.41) is 18.7. The number of carbonyl (C=O) groups is 1. The van der Waals surface area contributed by atoms with Crippen molar-refractivity contribution in [1.82, 2.24) is 24.4 Å². The Morgan fingerprint density at radius 3 is 2.65 bits per heavy atom. The molecule has 34 heavy (non-hydrogen) atoms. The molecule has 1 amide bonds. The molecule has 4 rings (SSSR count). The lowest BCUT2D eigenvalue weighted by Gasteiger charge is -2.15. The fourth-order valence-electron chi connectivity index (χ4n) is 4.25. The van der Waals surface area contributed by atoms with Crippen molar-refractivity contribution in [2.75, 3.05) is 13.2 Å². The zero-order valence-electron chi connectivity index (χ0n) is 20.1. The van der Waals surface area contributed by atoms with Crippen molar-refractivity contribution in [1.29, 1.82) is 0 Å². The van der Waals surface area contributed by atoms with E-state index in [1.807, 2.05) is 32.3 Å². The van der Waals surface area contributed by atoms with Gasteiger partial charge in [-0.05, 0) is 5.92 Å². The zero-order chi connectivity index (χ0) is 24.7. The number of β-amino-alcohol motifs (C(OH)–C–C–N with tert-alkyl or cyclic N) is 1. The van der Waals surface area contributed by atoms with Crippen LogP contribution in [0.1, 0.15) is 54.6 Å². The van der Waals surface area contributed by atoms with E-state index in [1.165, 1.54) is 18.4 Å². The van der Waals surface area contributed by atoms with E-state index in [1.54, 1.807) is 4.57 Å². The van der Waals surface area contributed by atoms with Crippen molar-refractivity contribution in [3.8, 4) is 0 Å². The second-order valence-corrected chi connectivity index (χ2v) is 10.0. The number of hydroxylamine groups is 2. The van der Waals surface area contributed by atoms with Gasteiger partial charge in [-0.15, -0.1) is 16.4 Å². The number of nitrogens with zero attached hydrogens (tertiary/aromatic N) is 5. The molecule has 0 saturated carbocycles. The molecule has 0 aromatic carbocycles. The molecule has 0 bridgehead atoms. The number of amides is 1. The molecule has 1 aliphatic heterocycles. The van der Waals surface area contributed by atoms with Gasteiger partial charge < -0.3 is 5.11 Å². The first-order valence-electron chi connectivity index (χ1n) is 11.5. The Kier molecular flexibility index (Phi) is 6.74. The van der Waals surface area contributed by atoms with Crippen molar-refractivity contribution in [2.24, 2.45) is 13.0 Å². The van der Waals surface area contributed by atoms with E-state index < -0.39 is 23.3 Å². The van der Waals surface area contributed by atoms with Crippen LogP contribution in [-0.4, -0.2) is 54.7 Å². The summed E-state index contributed by atoms with van der Waals surface area (Å²) in [6.07, 6.45) is 0.606. The Labute approximate surface area is 200 Å². The minimum atomic E-state index is -0.791. The predicted octanol–water partition coefficient (Wildman–Crippen LogP) is 0.350. The number of nitrogens with one attached hydrogen (secondary N) is 1. The van der Waals surface area contributed by atoms with E-state index in [9.17, 15) is 19.5 Å². The molecule has 0 spiro atoms. The molecule has 12 heteroatoms. The molecule has 0 aliphatic carbocycles. The Hall–Kier alpha value is -2.83. The van der Waals surface area contributed by atoms with Crippen LogP contribution in [0.2, 0.25) is 0 Å². The second kappa shape index (κ2) is 9.43. The number of thiophene rings is 1. The molecule has 184 valence electrons. The normalized spacial score (nSPS) is 16.3. The molecule has 1 fully saturated rings. The molecule has 0 radical (unpaired) electrons. The Morgan fingerprint density at radius 1 is 1.32 bits per heavy atom. The van der Waals surface area contributed by atoms with Crippen LogP contribution in [0, 0.1) is 5.92 Å². The topological polar surface area (TPSA) is 126 Å². The van der Waals surface area contributed by atoms with Gasteiger partial charge >= 0.3 is 5.69 Å². The summed E-state index contributed by atoms with van der Waals surface area (Å²) in [6.45, 7) is 8.75. The largest absolute Gasteiger partial charge is 0.389 e. The lowest BCUT2D eigenvalue weighted by Crippen LogP contribution is -2.41. The minimum absolute atomic E-state index is 0.00958.